The summed E-state index contributed by atoms with van der Waals surface area (Å²) in [5.41, 5.74) is 1.12. The summed E-state index contributed by atoms with van der Waals surface area (Å²) < 4.78 is 5.77. The fourth-order valence-corrected chi connectivity index (χ4v) is 3.24. The van der Waals surface area contributed by atoms with E-state index in [0.29, 0.717) is 28.5 Å². The third-order valence-corrected chi connectivity index (χ3v) is 4.60. The van der Waals surface area contributed by atoms with E-state index in [1.54, 1.807) is 30.5 Å². The van der Waals surface area contributed by atoms with Crippen LogP contribution in [0.5, 0.6) is 0 Å². The second kappa shape index (κ2) is 7.07. The number of nitrogens with one attached hydrogen (secondary N) is 1. The molecule has 1 aromatic carbocycles. The van der Waals surface area contributed by atoms with Crippen LogP contribution in [0.1, 0.15) is 12.0 Å². The lowest BCUT2D eigenvalue weighted by molar-refractivity contribution is -0.140. The summed E-state index contributed by atoms with van der Waals surface area (Å²) in [6.07, 6.45) is 5.22. The Balaban J connectivity index is 1.94. The number of ether oxygens (including phenoxy) is 1. The largest absolute Gasteiger partial charge is 0.469 e. The number of rotatable bonds is 4. The molecule has 140 valence electrons. The number of aromatic amines is 1. The summed E-state index contributed by atoms with van der Waals surface area (Å²) in [5.74, 6) is -0.308. The molecule has 4 aromatic rings. The number of hydrogen-bond acceptors (Lipinski definition) is 6. The van der Waals surface area contributed by atoms with Gasteiger partial charge in [-0.05, 0) is 30.2 Å². The van der Waals surface area contributed by atoms with Crippen LogP contribution < -0.4 is 11.2 Å². The molecule has 0 fully saturated rings. The maximum Gasteiger partial charge on any atom is 0.333 e. The van der Waals surface area contributed by atoms with Gasteiger partial charge in [0.2, 0.25) is 0 Å². The van der Waals surface area contributed by atoms with E-state index in [2.05, 4.69) is 15.0 Å². The number of methoxy groups -OCH3 is 1. The number of carbonyl (C=O) groups excluding carboxylic acids is 1. The van der Waals surface area contributed by atoms with Gasteiger partial charge < -0.3 is 9.72 Å². The molecule has 0 bridgehead atoms. The lowest BCUT2D eigenvalue weighted by Gasteiger charge is -2.12. The molecule has 0 unspecified atom stereocenters. The maximum absolute atomic E-state index is 13.0. The SMILES string of the molecule is COC(=O)CCc1ccc(-n2c(=O)[nH]c3cnccc3c2=O)c2ncccc12. The number of fused-ring (bicyclic) bond motifs is 2. The van der Waals surface area contributed by atoms with E-state index in [4.69, 9.17) is 4.74 Å². The summed E-state index contributed by atoms with van der Waals surface area (Å²) in [6, 6.07) is 8.65. The molecule has 28 heavy (non-hydrogen) atoms. The molecule has 0 saturated heterocycles. The Hall–Kier alpha value is -3.81. The average Bonchev–Trinajstić information content (AvgIpc) is 2.72. The lowest BCUT2D eigenvalue weighted by Crippen LogP contribution is -2.33. The van der Waals surface area contributed by atoms with Crippen molar-refractivity contribution < 1.29 is 9.53 Å². The highest BCUT2D eigenvalue weighted by molar-refractivity contribution is 5.90. The van der Waals surface area contributed by atoms with Gasteiger partial charge in [-0.2, -0.15) is 0 Å². The number of benzene rings is 1. The van der Waals surface area contributed by atoms with Crippen LogP contribution in [0.3, 0.4) is 0 Å². The molecule has 3 aromatic heterocycles. The second-order valence-electron chi connectivity index (χ2n) is 6.21. The number of pyridine rings is 2. The first kappa shape index (κ1) is 17.6. The Bertz CT molecular complexity index is 1320. The van der Waals surface area contributed by atoms with Gasteiger partial charge in [0.15, 0.2) is 0 Å². The molecular weight excluding hydrogens is 360 g/mol. The Kier molecular flexibility index (Phi) is 4.44. The van der Waals surface area contributed by atoms with Crippen molar-refractivity contribution in [2.45, 2.75) is 12.8 Å². The zero-order chi connectivity index (χ0) is 19.7. The van der Waals surface area contributed by atoms with E-state index in [1.807, 2.05) is 6.07 Å². The van der Waals surface area contributed by atoms with Gasteiger partial charge >= 0.3 is 11.7 Å². The smallest absolute Gasteiger partial charge is 0.333 e. The summed E-state index contributed by atoms with van der Waals surface area (Å²) in [4.78, 5) is 48.1. The van der Waals surface area contributed by atoms with Crippen molar-refractivity contribution in [1.82, 2.24) is 19.5 Å². The maximum atomic E-state index is 13.0. The molecule has 1 N–H and O–H groups in total. The van der Waals surface area contributed by atoms with Crippen molar-refractivity contribution in [2.24, 2.45) is 0 Å². The number of aryl methyl sites for hydroxylation is 1. The first-order valence-electron chi connectivity index (χ1n) is 8.63. The van der Waals surface area contributed by atoms with Gasteiger partial charge in [0.25, 0.3) is 5.56 Å². The third-order valence-electron chi connectivity index (χ3n) is 4.60. The normalized spacial score (nSPS) is 11.0. The number of esters is 1. The van der Waals surface area contributed by atoms with Crippen LogP contribution >= 0.6 is 0 Å². The topological polar surface area (TPSA) is 107 Å². The van der Waals surface area contributed by atoms with Gasteiger partial charge in [0.05, 0.1) is 35.4 Å². The fraction of sp³-hybridized carbons (Fsp3) is 0.150. The Morgan fingerprint density at radius 3 is 2.82 bits per heavy atom. The summed E-state index contributed by atoms with van der Waals surface area (Å²) >= 11 is 0. The van der Waals surface area contributed by atoms with Gasteiger partial charge in [-0.1, -0.05) is 12.1 Å². The molecule has 3 heterocycles. The lowest BCUT2D eigenvalue weighted by atomic mass is 10.0. The van der Waals surface area contributed by atoms with Gasteiger partial charge in [0.1, 0.15) is 0 Å². The van der Waals surface area contributed by atoms with Crippen molar-refractivity contribution in [3.63, 3.8) is 0 Å². The Labute approximate surface area is 158 Å². The molecule has 0 amide bonds. The minimum atomic E-state index is -0.570. The molecule has 0 saturated carbocycles. The molecule has 0 spiro atoms. The van der Waals surface area contributed by atoms with Crippen molar-refractivity contribution in [2.75, 3.05) is 7.11 Å². The molecule has 0 radical (unpaired) electrons. The molecule has 8 nitrogen and oxygen atoms in total. The quantitative estimate of drug-likeness (QED) is 0.544. The van der Waals surface area contributed by atoms with Gasteiger partial charge in [0, 0.05) is 24.2 Å². The Morgan fingerprint density at radius 1 is 1.14 bits per heavy atom. The molecule has 0 aliphatic rings. The Morgan fingerprint density at radius 2 is 2.00 bits per heavy atom. The molecule has 8 heteroatoms. The van der Waals surface area contributed by atoms with E-state index >= 15 is 0 Å². The minimum absolute atomic E-state index is 0.226. The molecule has 0 aliphatic carbocycles. The standard InChI is InChI=1S/C20H16N4O4/c1-28-17(25)7-5-12-4-6-16(18-13(12)3-2-9-22-18)24-19(26)14-8-10-21-11-15(14)23-20(24)27/h2-4,6,8-11H,5,7H2,1H3,(H,23,27). The average molecular weight is 376 g/mol. The highest BCUT2D eigenvalue weighted by Crippen LogP contribution is 2.24. The number of nitrogens with zero attached hydrogens (tertiary/aromatic N) is 3. The van der Waals surface area contributed by atoms with Crippen LogP contribution in [0, 0.1) is 0 Å². The number of H-pyrrole nitrogens is 1. The minimum Gasteiger partial charge on any atom is -0.469 e. The molecule has 4 rings (SSSR count). The van der Waals surface area contributed by atoms with Crippen molar-refractivity contribution in [1.29, 1.82) is 0 Å². The highest BCUT2D eigenvalue weighted by Gasteiger charge is 2.15. The van der Waals surface area contributed by atoms with Crippen molar-refractivity contribution >= 4 is 27.8 Å². The first-order valence-corrected chi connectivity index (χ1v) is 8.63. The van der Waals surface area contributed by atoms with Gasteiger partial charge in [-0.3, -0.25) is 19.6 Å². The number of aromatic nitrogens is 4. The van der Waals surface area contributed by atoms with Crippen molar-refractivity contribution in [3.8, 4) is 5.69 Å². The van der Waals surface area contributed by atoms with Gasteiger partial charge in [-0.25, -0.2) is 9.36 Å². The van der Waals surface area contributed by atoms with Crippen molar-refractivity contribution in [3.05, 3.63) is 75.3 Å². The fourth-order valence-electron chi connectivity index (χ4n) is 3.24. The van der Waals surface area contributed by atoms with E-state index in [0.717, 1.165) is 15.5 Å². The summed E-state index contributed by atoms with van der Waals surface area (Å²) in [5, 5.41) is 1.12. The van der Waals surface area contributed by atoms with E-state index in [1.165, 1.54) is 19.5 Å². The molecule has 0 atom stereocenters. The summed E-state index contributed by atoms with van der Waals surface area (Å²) in [7, 11) is 1.35. The summed E-state index contributed by atoms with van der Waals surface area (Å²) in [6.45, 7) is 0. The van der Waals surface area contributed by atoms with Crippen LogP contribution in [-0.4, -0.2) is 32.6 Å². The monoisotopic (exact) mass is 376 g/mol. The predicted octanol–water partition coefficient (Wildman–Crippen LogP) is 1.73. The van der Waals surface area contributed by atoms with E-state index in [9.17, 15) is 14.4 Å². The van der Waals surface area contributed by atoms with Crippen LogP contribution in [0.4, 0.5) is 0 Å². The van der Waals surface area contributed by atoms with Gasteiger partial charge in [-0.15, -0.1) is 0 Å². The zero-order valence-corrected chi connectivity index (χ0v) is 15.0. The third kappa shape index (κ3) is 2.94. The molecule has 0 aliphatic heterocycles. The zero-order valence-electron chi connectivity index (χ0n) is 15.0. The van der Waals surface area contributed by atoms with Crippen LogP contribution in [-0.2, 0) is 16.0 Å². The number of carbonyl (C=O) groups is 1. The van der Waals surface area contributed by atoms with E-state index < -0.39 is 11.2 Å². The van der Waals surface area contributed by atoms with Crippen LogP contribution in [0.25, 0.3) is 27.5 Å². The van der Waals surface area contributed by atoms with E-state index in [-0.39, 0.29) is 12.4 Å². The molecular formula is C20H16N4O4. The predicted molar refractivity (Wildman–Crippen MR) is 104 cm³/mol. The highest BCUT2D eigenvalue weighted by atomic mass is 16.5. The number of hydrogen-bond donors (Lipinski definition) is 1. The van der Waals surface area contributed by atoms with Crippen LogP contribution in [0.15, 0.2) is 58.5 Å². The first-order chi connectivity index (χ1) is 13.6. The van der Waals surface area contributed by atoms with Crippen LogP contribution in [0.2, 0.25) is 0 Å². The second-order valence-corrected chi connectivity index (χ2v) is 6.21.